The molecular weight excluding hydrogens is 662 g/mol. The van der Waals surface area contributed by atoms with Crippen LogP contribution < -0.4 is 9.62 Å². The van der Waals surface area contributed by atoms with E-state index < -0.39 is 28.5 Å². The Kier molecular flexibility index (Phi) is 11.8. The summed E-state index contributed by atoms with van der Waals surface area (Å²) in [7, 11) is -4.16. The van der Waals surface area contributed by atoms with E-state index in [0.29, 0.717) is 5.69 Å². The molecule has 0 aliphatic rings. The molecule has 4 aromatic rings. The molecule has 1 N–H and O–H groups in total. The zero-order chi connectivity index (χ0) is 33.4. The molecule has 0 radical (unpaired) electrons. The topological polar surface area (TPSA) is 86.8 Å². The summed E-state index contributed by atoms with van der Waals surface area (Å²) in [6.07, 6.45) is 0.986. The number of nitrogens with zero attached hydrogens (tertiary/aromatic N) is 2. The quantitative estimate of drug-likeness (QED) is 0.161. The second kappa shape index (κ2) is 15.6. The van der Waals surface area contributed by atoms with Crippen LogP contribution in [0.15, 0.2) is 106 Å². The summed E-state index contributed by atoms with van der Waals surface area (Å²) in [5, 5.41) is 3.07. The summed E-state index contributed by atoms with van der Waals surface area (Å²) in [5.41, 5.74) is 4.90. The van der Waals surface area contributed by atoms with Crippen molar-refractivity contribution in [1.82, 2.24) is 10.2 Å². The number of carbonyl (C=O) groups is 2. The van der Waals surface area contributed by atoms with Crippen LogP contribution in [0.4, 0.5) is 5.69 Å². The second-order valence-corrected chi connectivity index (χ2v) is 14.5. The molecule has 2 atom stereocenters. The number of aryl methyl sites for hydroxylation is 3. The number of hydrogen-bond donors (Lipinski definition) is 1. The molecule has 4 rings (SSSR count). The molecule has 46 heavy (non-hydrogen) atoms. The van der Waals surface area contributed by atoms with Crippen LogP contribution in [0.2, 0.25) is 0 Å². The molecule has 0 aliphatic carbocycles. The van der Waals surface area contributed by atoms with E-state index in [9.17, 15) is 18.0 Å². The Morgan fingerprint density at radius 3 is 2.09 bits per heavy atom. The van der Waals surface area contributed by atoms with Crippen LogP contribution in [0.25, 0.3) is 0 Å². The van der Waals surface area contributed by atoms with Gasteiger partial charge in [0.2, 0.25) is 11.8 Å². The Labute approximate surface area is 281 Å². The van der Waals surface area contributed by atoms with Crippen molar-refractivity contribution < 1.29 is 18.0 Å². The van der Waals surface area contributed by atoms with Crippen molar-refractivity contribution >= 4 is 43.5 Å². The third kappa shape index (κ3) is 8.85. The number of rotatable bonds is 13. The van der Waals surface area contributed by atoms with Gasteiger partial charge < -0.3 is 10.2 Å². The van der Waals surface area contributed by atoms with Crippen molar-refractivity contribution in [2.45, 2.75) is 71.0 Å². The molecule has 0 bridgehead atoms. The minimum absolute atomic E-state index is 0.0823. The summed E-state index contributed by atoms with van der Waals surface area (Å²) in [5.74, 6) is -0.778. The van der Waals surface area contributed by atoms with Crippen LogP contribution >= 0.6 is 15.9 Å². The number of carbonyl (C=O) groups excluding carboxylic acids is 2. The molecule has 242 valence electrons. The molecule has 7 nitrogen and oxygen atoms in total. The zero-order valence-electron chi connectivity index (χ0n) is 27.0. The fraction of sp³-hybridized carbons (Fsp3) is 0.297. The highest BCUT2D eigenvalue weighted by Gasteiger charge is 2.35. The van der Waals surface area contributed by atoms with Gasteiger partial charge in [0.15, 0.2) is 0 Å². The lowest BCUT2D eigenvalue weighted by Gasteiger charge is -2.34. The average Bonchev–Trinajstić information content (AvgIpc) is 3.04. The van der Waals surface area contributed by atoms with Gasteiger partial charge in [-0.25, -0.2) is 8.42 Å². The molecule has 0 spiro atoms. The molecule has 0 aliphatic heterocycles. The van der Waals surface area contributed by atoms with E-state index in [1.165, 1.54) is 4.90 Å². The molecule has 0 fully saturated rings. The molecular formula is C37H42BrN3O4S. The van der Waals surface area contributed by atoms with Gasteiger partial charge in [-0.3, -0.25) is 13.9 Å². The summed E-state index contributed by atoms with van der Waals surface area (Å²) in [6.45, 7) is 9.28. The Bertz CT molecular complexity index is 1740. The Morgan fingerprint density at radius 1 is 0.826 bits per heavy atom. The number of hydrogen-bond acceptors (Lipinski definition) is 4. The lowest BCUT2D eigenvalue weighted by Crippen LogP contribution is -2.54. The first-order chi connectivity index (χ1) is 21.9. The lowest BCUT2D eigenvalue weighted by atomic mass is 10.0. The van der Waals surface area contributed by atoms with Crippen LogP contribution in [0, 0.1) is 20.8 Å². The van der Waals surface area contributed by atoms with Gasteiger partial charge in [-0.05, 0) is 92.8 Å². The molecule has 4 aromatic carbocycles. The molecule has 0 saturated heterocycles. The maximum Gasteiger partial charge on any atom is 0.264 e. The van der Waals surface area contributed by atoms with E-state index in [1.807, 2.05) is 95.3 Å². The van der Waals surface area contributed by atoms with E-state index in [1.54, 1.807) is 36.4 Å². The monoisotopic (exact) mass is 703 g/mol. The predicted octanol–water partition coefficient (Wildman–Crippen LogP) is 7.12. The summed E-state index contributed by atoms with van der Waals surface area (Å²) in [4.78, 5) is 30.2. The minimum atomic E-state index is -4.16. The maximum atomic E-state index is 14.6. The Balaban J connectivity index is 1.82. The lowest BCUT2D eigenvalue weighted by molar-refractivity contribution is -0.140. The van der Waals surface area contributed by atoms with Gasteiger partial charge in [-0.15, -0.1) is 0 Å². The highest BCUT2D eigenvalue weighted by Crippen LogP contribution is 2.27. The van der Waals surface area contributed by atoms with E-state index in [0.717, 1.165) is 43.0 Å². The number of anilines is 1. The number of nitrogens with one attached hydrogen (secondary N) is 1. The van der Waals surface area contributed by atoms with E-state index in [4.69, 9.17) is 0 Å². The van der Waals surface area contributed by atoms with Gasteiger partial charge in [0.1, 0.15) is 12.6 Å². The smallest absolute Gasteiger partial charge is 0.264 e. The summed E-state index contributed by atoms with van der Waals surface area (Å²) in [6, 6.07) is 28.0. The average molecular weight is 705 g/mol. The van der Waals surface area contributed by atoms with Crippen LogP contribution in [0.5, 0.6) is 0 Å². The standard InChI is InChI=1S/C37H42BrN3O4S/c1-6-29(5)39-37(43)35(23-30-10-8-7-9-11-30)40(24-31-15-17-32(38)18-16-31)36(42)25-41(33-19-14-27(3)28(4)22-33)46(44,45)34-20-12-26(2)13-21-34/h7-22,29,35H,6,23-25H2,1-5H3,(H,39,43)/t29-,35+/m1/s1. The van der Waals surface area contributed by atoms with Gasteiger partial charge in [-0.1, -0.05) is 89.1 Å². The van der Waals surface area contributed by atoms with Crippen LogP contribution in [0.3, 0.4) is 0 Å². The Morgan fingerprint density at radius 2 is 1.48 bits per heavy atom. The fourth-order valence-corrected chi connectivity index (χ4v) is 6.70. The number of amides is 2. The molecule has 0 unspecified atom stereocenters. The number of benzene rings is 4. The van der Waals surface area contributed by atoms with E-state index in [-0.39, 0.29) is 29.8 Å². The SMILES string of the molecule is CC[C@@H](C)NC(=O)[C@H](Cc1ccccc1)N(Cc1ccc(Br)cc1)C(=O)CN(c1ccc(C)c(C)c1)S(=O)(=O)c1ccc(C)cc1. The van der Waals surface area contributed by atoms with Gasteiger partial charge >= 0.3 is 0 Å². The summed E-state index contributed by atoms with van der Waals surface area (Å²) >= 11 is 3.47. The van der Waals surface area contributed by atoms with Gasteiger partial charge in [0.25, 0.3) is 10.0 Å². The van der Waals surface area contributed by atoms with Crippen LogP contribution in [-0.4, -0.2) is 43.8 Å². The van der Waals surface area contributed by atoms with E-state index in [2.05, 4.69) is 21.2 Å². The van der Waals surface area contributed by atoms with Crippen molar-refractivity contribution in [2.75, 3.05) is 10.8 Å². The van der Waals surface area contributed by atoms with Crippen LogP contribution in [-0.2, 0) is 32.6 Å². The molecule has 0 heterocycles. The fourth-order valence-electron chi connectivity index (χ4n) is 5.03. The largest absolute Gasteiger partial charge is 0.352 e. The van der Waals surface area contributed by atoms with Gasteiger partial charge in [0.05, 0.1) is 10.6 Å². The Hall–Kier alpha value is -3.95. The van der Waals surface area contributed by atoms with Gasteiger partial charge in [-0.2, -0.15) is 0 Å². The third-order valence-corrected chi connectivity index (χ3v) is 10.5. The first-order valence-corrected chi connectivity index (χ1v) is 17.7. The number of halogens is 1. The van der Waals surface area contributed by atoms with Crippen molar-refractivity contribution in [3.8, 4) is 0 Å². The first kappa shape index (κ1) is 34.9. The van der Waals surface area contributed by atoms with Gasteiger partial charge in [0, 0.05) is 23.5 Å². The van der Waals surface area contributed by atoms with Crippen molar-refractivity contribution in [2.24, 2.45) is 0 Å². The third-order valence-electron chi connectivity index (χ3n) is 8.20. The maximum absolute atomic E-state index is 14.6. The zero-order valence-corrected chi connectivity index (χ0v) is 29.4. The summed E-state index contributed by atoms with van der Waals surface area (Å²) < 4.78 is 30.5. The molecule has 0 saturated carbocycles. The molecule has 2 amide bonds. The molecule has 9 heteroatoms. The second-order valence-electron chi connectivity index (χ2n) is 11.8. The van der Waals surface area contributed by atoms with Crippen molar-refractivity contribution in [3.63, 3.8) is 0 Å². The first-order valence-electron chi connectivity index (χ1n) is 15.4. The molecule has 0 aromatic heterocycles. The minimum Gasteiger partial charge on any atom is -0.352 e. The van der Waals surface area contributed by atoms with Crippen molar-refractivity contribution in [3.05, 3.63) is 129 Å². The number of sulfonamides is 1. The highest BCUT2D eigenvalue weighted by molar-refractivity contribution is 9.10. The van der Waals surface area contributed by atoms with E-state index >= 15 is 0 Å². The van der Waals surface area contributed by atoms with Crippen LogP contribution in [0.1, 0.15) is 48.1 Å². The predicted molar refractivity (Wildman–Crippen MR) is 188 cm³/mol. The highest BCUT2D eigenvalue weighted by atomic mass is 79.9. The normalized spacial score (nSPS) is 12.7. The van der Waals surface area contributed by atoms with Crippen molar-refractivity contribution in [1.29, 1.82) is 0 Å².